The number of ether oxygens (including phenoxy) is 4. The van der Waals surface area contributed by atoms with Gasteiger partial charge in [-0.25, -0.2) is 57.6 Å². The molecule has 464 valence electrons. The quantitative estimate of drug-likeness (QED) is 0.119. The minimum Gasteiger partial charge on any atom is -0.481 e. The number of fused-ring (bicyclic) bond motifs is 3. The van der Waals surface area contributed by atoms with Gasteiger partial charge in [0.2, 0.25) is 11.8 Å². The molecule has 25 heteroatoms. The highest BCUT2D eigenvalue weighted by atomic mass is 35.5. The molecule has 3 aliphatic rings. The molecule has 0 unspecified atom stereocenters. The van der Waals surface area contributed by atoms with Gasteiger partial charge in [-0.1, -0.05) is 11.6 Å². The van der Waals surface area contributed by atoms with E-state index in [4.69, 9.17) is 40.5 Å². The molecule has 9 aromatic rings. The van der Waals surface area contributed by atoms with E-state index in [1.54, 1.807) is 86.1 Å². The Bertz CT molecular complexity index is 3920. The van der Waals surface area contributed by atoms with Gasteiger partial charge in [0.25, 0.3) is 0 Å². The van der Waals surface area contributed by atoms with Gasteiger partial charge >= 0.3 is 12.2 Å². The normalized spacial score (nSPS) is 17.2. The number of piperidine rings is 3. The average molecular weight is 1230 g/mol. The fourth-order valence-corrected chi connectivity index (χ4v) is 11.3. The highest BCUT2D eigenvalue weighted by molar-refractivity contribution is 6.29. The maximum Gasteiger partial charge on any atom is 0.410 e. The minimum atomic E-state index is -0.521. The number of imidazole rings is 3. The molecular weight excluding hydrogens is 1160 g/mol. The van der Waals surface area contributed by atoms with E-state index < -0.39 is 11.2 Å². The van der Waals surface area contributed by atoms with E-state index in [0.717, 1.165) is 62.3 Å². The number of carbonyl (C=O) groups excluding carboxylic acids is 2. The van der Waals surface area contributed by atoms with Gasteiger partial charge in [-0.3, -0.25) is 13.2 Å². The summed E-state index contributed by atoms with van der Waals surface area (Å²) in [5.41, 5.74) is 5.12. The van der Waals surface area contributed by atoms with Crippen molar-refractivity contribution in [3.63, 3.8) is 0 Å². The Kier molecular flexibility index (Phi) is 19.4. The van der Waals surface area contributed by atoms with Crippen LogP contribution in [0.15, 0.2) is 91.8 Å². The first-order valence-electron chi connectivity index (χ1n) is 29.6. The molecule has 12 rings (SSSR count). The van der Waals surface area contributed by atoms with Crippen LogP contribution in [0.4, 0.5) is 22.8 Å². The zero-order valence-electron chi connectivity index (χ0n) is 50.7. The summed E-state index contributed by atoms with van der Waals surface area (Å²) in [5, 5.41) is 3.74. The number of carbonyl (C=O) groups is 2. The second-order valence-corrected chi connectivity index (χ2v) is 24.7. The molecule has 3 atom stereocenters. The van der Waals surface area contributed by atoms with Crippen molar-refractivity contribution >= 4 is 40.7 Å². The number of methoxy groups -OCH3 is 2. The lowest BCUT2D eigenvalue weighted by molar-refractivity contribution is 0.0156. The van der Waals surface area contributed by atoms with Crippen molar-refractivity contribution in [1.82, 2.24) is 73.2 Å². The average Bonchev–Trinajstić information content (AvgIpc) is 2.20. The van der Waals surface area contributed by atoms with E-state index in [2.05, 4.69) is 40.2 Å². The third-order valence-corrected chi connectivity index (χ3v) is 15.2. The zero-order valence-corrected chi connectivity index (χ0v) is 51.5. The standard InChI is InChI=1S/C23H28FN5O3.C22H25ClFN5O2.C18H20FN5O/c1-23(2,3)32-22(30)28-9-5-6-15(13-28)10-17-11-20(31-4)27-21(26-17)18-12-25-19-8-7-16(24)14-29(18)19;1-22(2,3)31-21(30)28-8-4-5-14(12-28)9-16-10-18(23)27-20(26-16)17-11-25-19-7-6-15(24)13-29(17)19;1-25-17-8-14(7-12-3-2-6-20-9-12)22-18(23-17)15-10-21-16-5-4-13(19)11-24(15)16/h7-8,11-12,14-15H,5-6,9-10,13H2,1-4H3;6-7,10-11,13-14H,4-5,8-9,12H2,1-3H3;4-5,8,10-12,20H,2-3,6-7,9H2,1H3/t15-;14-;12-/m000/s1. The van der Waals surface area contributed by atoms with E-state index in [-0.39, 0.29) is 41.5 Å². The predicted molar refractivity (Wildman–Crippen MR) is 324 cm³/mol. The fourth-order valence-electron chi connectivity index (χ4n) is 11.1. The highest BCUT2D eigenvalue weighted by Crippen LogP contribution is 2.30. The van der Waals surface area contributed by atoms with Crippen LogP contribution in [0.1, 0.15) is 97.1 Å². The molecule has 3 saturated heterocycles. The van der Waals surface area contributed by atoms with E-state index in [1.807, 2.05) is 47.6 Å². The summed E-state index contributed by atoms with van der Waals surface area (Å²) in [6.07, 6.45) is 16.8. The number of rotatable bonds is 11. The molecular formula is C63H73ClF3N15O6. The van der Waals surface area contributed by atoms with Gasteiger partial charge in [-0.15, -0.1) is 0 Å². The van der Waals surface area contributed by atoms with Crippen LogP contribution in [0.2, 0.25) is 5.15 Å². The lowest BCUT2D eigenvalue weighted by Gasteiger charge is -2.34. The SMILES string of the molecule is CC(C)(C)OC(=O)N1CCC[C@@H](Cc2cc(Cl)nc(-c3cnc4ccc(F)cn34)n2)C1.COc1cc(C[C@@H]2CCCN(C(=O)OC(C)(C)C)C2)nc(-c2cnc3ccc(F)cn23)n1.COc1cc(C[C@@H]2CCCNC2)nc(-c2cnc3ccc(F)cn23)n1. The van der Waals surface area contributed by atoms with Crippen molar-refractivity contribution in [2.24, 2.45) is 17.8 Å². The summed E-state index contributed by atoms with van der Waals surface area (Å²) in [7, 11) is 3.14. The molecule has 0 aliphatic carbocycles. The molecule has 0 saturated carbocycles. The van der Waals surface area contributed by atoms with Crippen LogP contribution in [0, 0.1) is 35.2 Å². The topological polar surface area (TPSA) is 219 Å². The van der Waals surface area contributed by atoms with Crippen LogP contribution in [-0.4, -0.2) is 145 Å². The van der Waals surface area contributed by atoms with Gasteiger partial charge in [0.1, 0.15) is 67.8 Å². The van der Waals surface area contributed by atoms with Crippen molar-refractivity contribution in [2.75, 3.05) is 53.5 Å². The summed E-state index contributed by atoms with van der Waals surface area (Å²) in [4.78, 5) is 68.6. The first-order chi connectivity index (χ1) is 42.1. The Morgan fingerprint density at radius 3 is 1.32 bits per heavy atom. The number of nitrogens with zero attached hydrogens (tertiary/aromatic N) is 14. The smallest absolute Gasteiger partial charge is 0.410 e. The highest BCUT2D eigenvalue weighted by Gasteiger charge is 2.31. The van der Waals surface area contributed by atoms with Crippen LogP contribution >= 0.6 is 11.6 Å². The summed E-state index contributed by atoms with van der Waals surface area (Å²) in [5.74, 6) is 2.19. The van der Waals surface area contributed by atoms with Crippen LogP contribution in [-0.2, 0) is 28.7 Å². The summed E-state index contributed by atoms with van der Waals surface area (Å²) < 4.78 is 67.8. The first-order valence-corrected chi connectivity index (χ1v) is 29.9. The molecule has 0 spiro atoms. The largest absolute Gasteiger partial charge is 0.481 e. The minimum absolute atomic E-state index is 0.236. The lowest BCUT2D eigenvalue weighted by Crippen LogP contribution is -2.43. The number of likely N-dealkylation sites (tertiary alicyclic amines) is 2. The Morgan fingerprint density at radius 1 is 0.545 bits per heavy atom. The van der Waals surface area contributed by atoms with E-state index in [1.165, 1.54) is 49.6 Å². The Morgan fingerprint density at radius 2 is 0.932 bits per heavy atom. The fraction of sp³-hybridized carbons (Fsp3) is 0.444. The summed E-state index contributed by atoms with van der Waals surface area (Å²) >= 11 is 6.28. The van der Waals surface area contributed by atoms with Crippen molar-refractivity contribution in [2.45, 2.75) is 111 Å². The molecule has 12 heterocycles. The molecule has 3 fully saturated rings. The van der Waals surface area contributed by atoms with Crippen molar-refractivity contribution < 1.29 is 41.7 Å². The number of nitrogens with one attached hydrogen (secondary N) is 1. The Balaban J connectivity index is 0.000000147. The monoisotopic (exact) mass is 1230 g/mol. The third kappa shape index (κ3) is 16.2. The molecule has 88 heavy (non-hydrogen) atoms. The lowest BCUT2D eigenvalue weighted by atomic mass is 9.93. The van der Waals surface area contributed by atoms with Crippen molar-refractivity contribution in [3.8, 4) is 46.3 Å². The molecule has 21 nitrogen and oxygen atoms in total. The number of pyridine rings is 3. The number of aromatic nitrogens is 12. The maximum atomic E-state index is 13.8. The van der Waals surface area contributed by atoms with Crippen molar-refractivity contribution in [3.05, 3.63) is 131 Å². The predicted octanol–water partition coefficient (Wildman–Crippen LogP) is 11.4. The third-order valence-electron chi connectivity index (χ3n) is 15.0. The van der Waals surface area contributed by atoms with Gasteiger partial charge in [-0.05, 0) is 173 Å². The maximum absolute atomic E-state index is 13.8. The van der Waals surface area contributed by atoms with Gasteiger partial charge in [0, 0.05) is 74.0 Å². The molecule has 1 N–H and O–H groups in total. The van der Waals surface area contributed by atoms with Gasteiger partial charge < -0.3 is 34.1 Å². The van der Waals surface area contributed by atoms with Crippen molar-refractivity contribution in [1.29, 1.82) is 0 Å². The molecule has 0 aromatic carbocycles. The number of hydrogen-bond donors (Lipinski definition) is 1. The first kappa shape index (κ1) is 62.5. The summed E-state index contributed by atoms with van der Waals surface area (Å²) in [6.45, 7) is 15.9. The second-order valence-electron chi connectivity index (χ2n) is 24.3. The van der Waals surface area contributed by atoms with E-state index in [9.17, 15) is 22.8 Å². The second kappa shape index (κ2) is 27.3. The Hall–Kier alpha value is -8.51. The number of halogens is 4. The molecule has 3 aliphatic heterocycles. The van der Waals surface area contributed by atoms with Crippen LogP contribution in [0.5, 0.6) is 11.8 Å². The zero-order chi connectivity index (χ0) is 62.3. The van der Waals surface area contributed by atoms with Crippen LogP contribution in [0.3, 0.4) is 0 Å². The molecule has 2 amide bonds. The molecule has 9 aromatic heterocycles. The van der Waals surface area contributed by atoms with E-state index >= 15 is 0 Å². The van der Waals surface area contributed by atoms with Gasteiger partial charge in [0.05, 0.1) is 32.8 Å². The van der Waals surface area contributed by atoms with Gasteiger partial charge in [-0.2, -0.15) is 9.97 Å². The van der Waals surface area contributed by atoms with Crippen LogP contribution < -0.4 is 14.8 Å². The number of amides is 2. The molecule has 0 radical (unpaired) electrons. The van der Waals surface area contributed by atoms with Crippen LogP contribution in [0.25, 0.3) is 51.5 Å². The summed E-state index contributed by atoms with van der Waals surface area (Å²) in [6, 6.07) is 14.4. The molecule has 0 bridgehead atoms. The van der Waals surface area contributed by atoms with Gasteiger partial charge in [0.15, 0.2) is 17.5 Å². The van der Waals surface area contributed by atoms with E-state index in [0.29, 0.717) is 113 Å². The Labute approximate surface area is 513 Å². The number of hydrogen-bond acceptors (Lipinski definition) is 16.